The molecule has 0 aliphatic rings. The predicted octanol–water partition coefficient (Wildman–Crippen LogP) is 2.20. The van der Waals surface area contributed by atoms with Gasteiger partial charge in [0.05, 0.1) is 5.92 Å². The highest BCUT2D eigenvalue weighted by atomic mass is 35.5. The molecule has 0 heterocycles. The van der Waals surface area contributed by atoms with Crippen molar-refractivity contribution in [3.63, 3.8) is 0 Å². The fourth-order valence-corrected chi connectivity index (χ4v) is 1.80. The van der Waals surface area contributed by atoms with Crippen LogP contribution >= 0.6 is 23.2 Å². The molecule has 0 aliphatic heterocycles. The first-order valence-corrected chi connectivity index (χ1v) is 5.17. The van der Waals surface area contributed by atoms with Crippen molar-refractivity contribution in [3.05, 3.63) is 33.8 Å². The molecule has 1 atom stereocenters. The number of hydrogen-bond acceptors (Lipinski definition) is 2. The van der Waals surface area contributed by atoms with Crippen LogP contribution in [-0.2, 0) is 11.2 Å². The third-order valence-electron chi connectivity index (χ3n) is 2.15. The Bertz CT molecular complexity index is 348. The van der Waals surface area contributed by atoms with Gasteiger partial charge in [0.2, 0.25) is 0 Å². The summed E-state index contributed by atoms with van der Waals surface area (Å²) in [5.41, 5.74) is 5.99. The number of hydrogen-bond donors (Lipinski definition) is 2. The SMILES string of the molecule is NC[C@@H](Cc1c(Cl)cccc1Cl)C(=O)O. The number of carbonyl (C=O) groups is 1. The molecule has 1 aromatic carbocycles. The minimum Gasteiger partial charge on any atom is -0.481 e. The maximum atomic E-state index is 10.8. The van der Waals surface area contributed by atoms with Crippen LogP contribution < -0.4 is 5.73 Å². The molecule has 3 N–H and O–H groups in total. The van der Waals surface area contributed by atoms with Crippen molar-refractivity contribution in [2.75, 3.05) is 6.54 Å². The van der Waals surface area contributed by atoms with E-state index in [2.05, 4.69) is 0 Å². The van der Waals surface area contributed by atoms with Gasteiger partial charge in [0.25, 0.3) is 0 Å². The van der Waals surface area contributed by atoms with Gasteiger partial charge >= 0.3 is 5.97 Å². The summed E-state index contributed by atoms with van der Waals surface area (Å²) >= 11 is 11.8. The van der Waals surface area contributed by atoms with Crippen LogP contribution in [0.25, 0.3) is 0 Å². The van der Waals surface area contributed by atoms with Crippen molar-refractivity contribution in [3.8, 4) is 0 Å². The molecule has 0 saturated carbocycles. The fraction of sp³-hybridized carbons (Fsp3) is 0.300. The molecule has 0 aliphatic carbocycles. The maximum absolute atomic E-state index is 10.8. The first-order valence-electron chi connectivity index (χ1n) is 4.42. The summed E-state index contributed by atoms with van der Waals surface area (Å²) in [6.45, 7) is 0.0664. The Labute approximate surface area is 97.8 Å². The fourth-order valence-electron chi connectivity index (χ4n) is 1.25. The zero-order valence-electron chi connectivity index (χ0n) is 7.91. The highest BCUT2D eigenvalue weighted by molar-refractivity contribution is 6.36. The monoisotopic (exact) mass is 247 g/mol. The standard InChI is InChI=1S/C10H11Cl2NO2/c11-8-2-1-3-9(12)7(8)4-6(5-13)10(14)15/h1-3,6H,4-5,13H2,(H,14,15)/t6-/m1/s1. The van der Waals surface area contributed by atoms with E-state index in [1.54, 1.807) is 18.2 Å². The van der Waals surface area contributed by atoms with Gasteiger partial charge in [0, 0.05) is 16.6 Å². The van der Waals surface area contributed by atoms with Crippen molar-refractivity contribution in [1.29, 1.82) is 0 Å². The smallest absolute Gasteiger partial charge is 0.308 e. The molecule has 3 nitrogen and oxygen atoms in total. The van der Waals surface area contributed by atoms with Crippen LogP contribution in [0.3, 0.4) is 0 Å². The average Bonchev–Trinajstić information content (AvgIpc) is 2.17. The number of carboxylic acids is 1. The molecule has 0 radical (unpaired) electrons. The van der Waals surface area contributed by atoms with Crippen molar-refractivity contribution in [1.82, 2.24) is 0 Å². The average molecular weight is 248 g/mol. The molecule has 0 unspecified atom stereocenters. The van der Waals surface area contributed by atoms with Gasteiger partial charge in [-0.2, -0.15) is 0 Å². The first kappa shape index (κ1) is 12.3. The Balaban J connectivity index is 2.92. The molecule has 1 aromatic rings. The van der Waals surface area contributed by atoms with Crippen molar-refractivity contribution < 1.29 is 9.90 Å². The van der Waals surface area contributed by atoms with Gasteiger partial charge < -0.3 is 10.8 Å². The summed E-state index contributed by atoms with van der Waals surface area (Å²) in [4.78, 5) is 10.8. The van der Waals surface area contributed by atoms with Gasteiger partial charge in [0.1, 0.15) is 0 Å². The van der Waals surface area contributed by atoms with Crippen LogP contribution in [0.5, 0.6) is 0 Å². The summed E-state index contributed by atoms with van der Waals surface area (Å²) < 4.78 is 0. The quantitative estimate of drug-likeness (QED) is 0.858. The van der Waals surface area contributed by atoms with Crippen LogP contribution in [-0.4, -0.2) is 17.6 Å². The van der Waals surface area contributed by atoms with Gasteiger partial charge in [-0.25, -0.2) is 0 Å². The summed E-state index contributed by atoms with van der Waals surface area (Å²) in [5, 5.41) is 9.80. The summed E-state index contributed by atoms with van der Waals surface area (Å²) in [5.74, 6) is -1.59. The molecule has 5 heteroatoms. The summed E-state index contributed by atoms with van der Waals surface area (Å²) in [7, 11) is 0. The molecular weight excluding hydrogens is 237 g/mol. The van der Waals surface area contributed by atoms with E-state index in [4.69, 9.17) is 34.0 Å². The first-order chi connectivity index (χ1) is 7.06. The van der Waals surface area contributed by atoms with E-state index in [1.807, 2.05) is 0 Å². The third-order valence-corrected chi connectivity index (χ3v) is 2.85. The van der Waals surface area contributed by atoms with Gasteiger partial charge in [-0.15, -0.1) is 0 Å². The Morgan fingerprint density at radius 2 is 1.93 bits per heavy atom. The van der Waals surface area contributed by atoms with Crippen LogP contribution in [0.1, 0.15) is 5.56 Å². The maximum Gasteiger partial charge on any atom is 0.308 e. The van der Waals surface area contributed by atoms with Gasteiger partial charge in [0.15, 0.2) is 0 Å². The topological polar surface area (TPSA) is 63.3 Å². The molecule has 0 saturated heterocycles. The zero-order chi connectivity index (χ0) is 11.4. The van der Waals surface area contributed by atoms with Crippen molar-refractivity contribution in [2.45, 2.75) is 6.42 Å². The van der Waals surface area contributed by atoms with Crippen LogP contribution in [0.2, 0.25) is 10.0 Å². The Hall–Kier alpha value is -0.770. The lowest BCUT2D eigenvalue weighted by Gasteiger charge is -2.12. The van der Waals surface area contributed by atoms with Crippen LogP contribution in [0.4, 0.5) is 0 Å². The molecule has 0 bridgehead atoms. The van der Waals surface area contributed by atoms with Crippen molar-refractivity contribution >= 4 is 29.2 Å². The number of halogens is 2. The molecule has 1 rings (SSSR count). The number of carboxylic acid groups (broad SMARTS) is 1. The Morgan fingerprint density at radius 1 is 1.40 bits per heavy atom. The van der Waals surface area contributed by atoms with E-state index in [9.17, 15) is 4.79 Å². The van der Waals surface area contributed by atoms with E-state index in [0.29, 0.717) is 15.6 Å². The van der Waals surface area contributed by atoms with E-state index in [1.165, 1.54) is 0 Å². The third kappa shape index (κ3) is 3.09. The second-order valence-electron chi connectivity index (χ2n) is 3.18. The molecular formula is C10H11Cl2NO2. The lowest BCUT2D eigenvalue weighted by atomic mass is 9.99. The molecule has 0 spiro atoms. The van der Waals surface area contributed by atoms with Crippen LogP contribution in [0.15, 0.2) is 18.2 Å². The van der Waals surface area contributed by atoms with E-state index >= 15 is 0 Å². The van der Waals surface area contributed by atoms with E-state index < -0.39 is 11.9 Å². The van der Waals surface area contributed by atoms with E-state index in [-0.39, 0.29) is 13.0 Å². The number of aliphatic carboxylic acids is 1. The van der Waals surface area contributed by atoms with Gasteiger partial charge in [-0.3, -0.25) is 4.79 Å². The number of benzene rings is 1. The van der Waals surface area contributed by atoms with E-state index in [0.717, 1.165) is 0 Å². The predicted molar refractivity (Wildman–Crippen MR) is 60.3 cm³/mol. The van der Waals surface area contributed by atoms with Gasteiger partial charge in [-0.05, 0) is 24.1 Å². The summed E-state index contributed by atoms with van der Waals surface area (Å²) in [6.07, 6.45) is 0.254. The second-order valence-corrected chi connectivity index (χ2v) is 3.99. The second kappa shape index (κ2) is 5.35. The normalized spacial score (nSPS) is 12.5. The largest absolute Gasteiger partial charge is 0.481 e. The number of rotatable bonds is 4. The summed E-state index contributed by atoms with van der Waals surface area (Å²) in [6, 6.07) is 5.07. The highest BCUT2D eigenvalue weighted by Gasteiger charge is 2.18. The lowest BCUT2D eigenvalue weighted by molar-refractivity contribution is -0.141. The minimum absolute atomic E-state index is 0.0664. The minimum atomic E-state index is -0.937. The molecule has 82 valence electrons. The van der Waals surface area contributed by atoms with Crippen LogP contribution in [0, 0.1) is 5.92 Å². The molecule has 15 heavy (non-hydrogen) atoms. The number of nitrogens with two attached hydrogens (primary N) is 1. The molecule has 0 aromatic heterocycles. The Kier molecular flexibility index (Phi) is 4.39. The van der Waals surface area contributed by atoms with Crippen molar-refractivity contribution in [2.24, 2.45) is 11.7 Å². The van der Waals surface area contributed by atoms with Gasteiger partial charge in [-0.1, -0.05) is 29.3 Å². The zero-order valence-corrected chi connectivity index (χ0v) is 9.42. The molecule has 0 amide bonds. The highest BCUT2D eigenvalue weighted by Crippen LogP contribution is 2.26. The Morgan fingerprint density at radius 3 is 2.33 bits per heavy atom. The molecule has 0 fully saturated rings. The lowest BCUT2D eigenvalue weighted by Crippen LogP contribution is -2.25.